The van der Waals surface area contributed by atoms with Gasteiger partial charge in [0.2, 0.25) is 0 Å². The van der Waals surface area contributed by atoms with Gasteiger partial charge in [-0.1, -0.05) is 36.4 Å². The predicted octanol–water partition coefficient (Wildman–Crippen LogP) is 5.85. The van der Waals surface area contributed by atoms with E-state index in [1.54, 1.807) is 51.4 Å². The highest BCUT2D eigenvalue weighted by atomic mass is 19.1. The standard InChI is InChI=1S/C28H27FN2O3/c1-28(2,34-22-10-7-19(16-29)8-11-22)27(32)31-17-21-9-12-24(25-13-14-30-18-26(21)25)20-5-4-6-23(15-20)33-3/h4-15,18H,16-17H2,1-3H3,(H,31,32). The Labute approximate surface area is 198 Å². The Morgan fingerprint density at radius 2 is 1.79 bits per heavy atom. The van der Waals surface area contributed by atoms with Crippen molar-refractivity contribution in [3.05, 3.63) is 90.3 Å². The van der Waals surface area contributed by atoms with Crippen molar-refractivity contribution in [2.24, 2.45) is 0 Å². The molecule has 1 N–H and O–H groups in total. The Bertz CT molecular complexity index is 1300. The van der Waals surface area contributed by atoms with Gasteiger partial charge in [0, 0.05) is 24.3 Å². The van der Waals surface area contributed by atoms with E-state index in [-0.39, 0.29) is 5.91 Å². The summed E-state index contributed by atoms with van der Waals surface area (Å²) in [5, 5.41) is 4.98. The minimum atomic E-state index is -1.11. The topological polar surface area (TPSA) is 60.5 Å². The van der Waals surface area contributed by atoms with Gasteiger partial charge in [0.15, 0.2) is 5.60 Å². The van der Waals surface area contributed by atoms with Crippen molar-refractivity contribution < 1.29 is 18.7 Å². The molecule has 1 heterocycles. The van der Waals surface area contributed by atoms with E-state index in [0.29, 0.717) is 17.9 Å². The van der Waals surface area contributed by atoms with Crippen LogP contribution >= 0.6 is 0 Å². The van der Waals surface area contributed by atoms with Gasteiger partial charge in [0.25, 0.3) is 5.91 Å². The number of hydrogen-bond acceptors (Lipinski definition) is 4. The SMILES string of the molecule is COc1cccc(-c2ccc(CNC(=O)C(C)(C)Oc3ccc(CF)cc3)c3cnccc23)c1. The number of hydrogen-bond donors (Lipinski definition) is 1. The Morgan fingerprint density at radius 1 is 1.00 bits per heavy atom. The van der Waals surface area contributed by atoms with Crippen LogP contribution in [0.15, 0.2) is 79.1 Å². The lowest BCUT2D eigenvalue weighted by atomic mass is 9.96. The summed E-state index contributed by atoms with van der Waals surface area (Å²) < 4.78 is 24.0. The zero-order chi connectivity index (χ0) is 24.1. The molecule has 6 heteroatoms. The fourth-order valence-electron chi connectivity index (χ4n) is 3.82. The van der Waals surface area contributed by atoms with Crippen molar-refractivity contribution >= 4 is 16.7 Å². The van der Waals surface area contributed by atoms with E-state index in [0.717, 1.165) is 33.2 Å². The Balaban J connectivity index is 1.53. The molecule has 0 unspecified atom stereocenters. The third-order valence-corrected chi connectivity index (χ3v) is 5.73. The molecule has 0 saturated carbocycles. The molecule has 3 aromatic carbocycles. The van der Waals surface area contributed by atoms with Crippen LogP contribution in [-0.2, 0) is 18.0 Å². The van der Waals surface area contributed by atoms with Crippen LogP contribution in [0.25, 0.3) is 21.9 Å². The van der Waals surface area contributed by atoms with Crippen LogP contribution in [-0.4, -0.2) is 23.6 Å². The van der Waals surface area contributed by atoms with Crippen molar-refractivity contribution in [1.29, 1.82) is 0 Å². The molecule has 34 heavy (non-hydrogen) atoms. The lowest BCUT2D eigenvalue weighted by Crippen LogP contribution is -2.46. The van der Waals surface area contributed by atoms with Crippen LogP contribution in [0.4, 0.5) is 4.39 Å². The molecule has 5 nitrogen and oxygen atoms in total. The minimum Gasteiger partial charge on any atom is -0.497 e. The highest BCUT2D eigenvalue weighted by molar-refractivity contribution is 5.98. The maximum Gasteiger partial charge on any atom is 0.263 e. The summed E-state index contributed by atoms with van der Waals surface area (Å²) in [7, 11) is 1.65. The molecule has 174 valence electrons. The third-order valence-electron chi connectivity index (χ3n) is 5.73. The molecule has 4 rings (SSSR count). The van der Waals surface area contributed by atoms with E-state index < -0.39 is 12.3 Å². The first kappa shape index (κ1) is 23.2. The molecule has 0 aliphatic heterocycles. The fraction of sp³-hybridized carbons (Fsp3) is 0.214. The van der Waals surface area contributed by atoms with E-state index in [9.17, 15) is 9.18 Å². The number of pyridine rings is 1. The van der Waals surface area contributed by atoms with Crippen LogP contribution in [0.3, 0.4) is 0 Å². The predicted molar refractivity (Wildman–Crippen MR) is 132 cm³/mol. The first-order chi connectivity index (χ1) is 16.4. The fourth-order valence-corrected chi connectivity index (χ4v) is 3.82. The van der Waals surface area contributed by atoms with Gasteiger partial charge < -0.3 is 14.8 Å². The quantitative estimate of drug-likeness (QED) is 0.360. The summed E-state index contributed by atoms with van der Waals surface area (Å²) in [5.74, 6) is 1.04. The minimum absolute atomic E-state index is 0.254. The monoisotopic (exact) mass is 458 g/mol. The lowest BCUT2D eigenvalue weighted by Gasteiger charge is -2.25. The van der Waals surface area contributed by atoms with Gasteiger partial charge in [-0.3, -0.25) is 9.78 Å². The summed E-state index contributed by atoms with van der Waals surface area (Å²) in [6.45, 7) is 3.20. The summed E-state index contributed by atoms with van der Waals surface area (Å²) >= 11 is 0. The number of rotatable bonds is 8. The maximum atomic E-state index is 12.9. The zero-order valence-electron chi connectivity index (χ0n) is 19.5. The van der Waals surface area contributed by atoms with Crippen LogP contribution in [0.2, 0.25) is 0 Å². The van der Waals surface area contributed by atoms with Crippen LogP contribution in [0.5, 0.6) is 11.5 Å². The number of alkyl halides is 1. The molecule has 0 saturated heterocycles. The van der Waals surface area contributed by atoms with Crippen molar-refractivity contribution in [1.82, 2.24) is 10.3 Å². The summed E-state index contributed by atoms with van der Waals surface area (Å²) in [6.07, 6.45) is 3.58. The molecule has 4 aromatic rings. The second-order valence-corrected chi connectivity index (χ2v) is 8.50. The van der Waals surface area contributed by atoms with Gasteiger partial charge in [0.1, 0.15) is 18.2 Å². The van der Waals surface area contributed by atoms with Crippen LogP contribution in [0.1, 0.15) is 25.0 Å². The molecule has 0 aliphatic carbocycles. The highest BCUT2D eigenvalue weighted by Gasteiger charge is 2.29. The van der Waals surface area contributed by atoms with E-state index in [1.165, 1.54) is 0 Å². The number of methoxy groups -OCH3 is 1. The summed E-state index contributed by atoms with van der Waals surface area (Å²) in [5.41, 5.74) is 2.51. The number of carbonyl (C=O) groups is 1. The molecule has 0 fully saturated rings. The van der Waals surface area contributed by atoms with Gasteiger partial charge >= 0.3 is 0 Å². The number of nitrogens with one attached hydrogen (secondary N) is 1. The summed E-state index contributed by atoms with van der Waals surface area (Å²) in [4.78, 5) is 17.2. The van der Waals surface area contributed by atoms with Gasteiger partial charge in [-0.05, 0) is 71.8 Å². The Morgan fingerprint density at radius 3 is 2.53 bits per heavy atom. The average molecular weight is 459 g/mol. The van der Waals surface area contributed by atoms with E-state index in [4.69, 9.17) is 9.47 Å². The van der Waals surface area contributed by atoms with Crippen molar-refractivity contribution in [2.45, 2.75) is 32.7 Å². The number of carbonyl (C=O) groups excluding carboxylic acids is 1. The smallest absolute Gasteiger partial charge is 0.263 e. The van der Waals surface area contributed by atoms with Crippen LogP contribution in [0, 0.1) is 0 Å². The van der Waals surface area contributed by atoms with Crippen molar-refractivity contribution in [3.8, 4) is 22.6 Å². The molecule has 0 aliphatic rings. The lowest BCUT2D eigenvalue weighted by molar-refractivity contribution is -0.134. The third kappa shape index (κ3) is 5.01. The molecule has 1 aromatic heterocycles. The van der Waals surface area contributed by atoms with Gasteiger partial charge in [0.05, 0.1) is 7.11 Å². The normalized spacial score (nSPS) is 11.3. The number of fused-ring (bicyclic) bond motifs is 1. The number of halogens is 1. The molecule has 0 spiro atoms. The average Bonchev–Trinajstić information content (AvgIpc) is 2.87. The second kappa shape index (κ2) is 9.91. The number of benzene rings is 3. The van der Waals surface area contributed by atoms with Crippen molar-refractivity contribution in [2.75, 3.05) is 7.11 Å². The van der Waals surface area contributed by atoms with Crippen molar-refractivity contribution in [3.63, 3.8) is 0 Å². The Hall–Kier alpha value is -3.93. The molecule has 0 atom stereocenters. The van der Waals surface area contributed by atoms with Crippen LogP contribution < -0.4 is 14.8 Å². The second-order valence-electron chi connectivity index (χ2n) is 8.50. The zero-order valence-corrected chi connectivity index (χ0v) is 19.5. The number of nitrogens with zero attached hydrogens (tertiary/aromatic N) is 1. The van der Waals surface area contributed by atoms with Gasteiger partial charge in [-0.15, -0.1) is 0 Å². The number of amides is 1. The molecule has 1 amide bonds. The number of aromatic nitrogens is 1. The highest BCUT2D eigenvalue weighted by Crippen LogP contribution is 2.32. The Kier molecular flexibility index (Phi) is 6.77. The molecule has 0 bridgehead atoms. The first-order valence-corrected chi connectivity index (χ1v) is 11.0. The first-order valence-electron chi connectivity index (χ1n) is 11.0. The van der Waals surface area contributed by atoms with E-state index in [2.05, 4.69) is 10.3 Å². The maximum absolute atomic E-state index is 12.9. The summed E-state index contributed by atoms with van der Waals surface area (Å²) in [6, 6.07) is 20.6. The van der Waals surface area contributed by atoms with Gasteiger partial charge in [-0.25, -0.2) is 4.39 Å². The molecule has 0 radical (unpaired) electrons. The molecular weight excluding hydrogens is 431 g/mol. The van der Waals surface area contributed by atoms with Gasteiger partial charge in [-0.2, -0.15) is 0 Å². The molecular formula is C28H27FN2O3. The van der Waals surface area contributed by atoms with E-state index in [1.807, 2.05) is 48.7 Å². The largest absolute Gasteiger partial charge is 0.497 e. The number of ether oxygens (including phenoxy) is 2. The van der Waals surface area contributed by atoms with E-state index >= 15 is 0 Å².